The average Bonchev–Trinajstić information content (AvgIpc) is 2.45. The Kier molecular flexibility index (Phi) is 9.24. The van der Waals surface area contributed by atoms with Crippen LogP contribution < -0.4 is 5.32 Å². The molecular formula is C18H29F2N. The van der Waals surface area contributed by atoms with Gasteiger partial charge in [0.25, 0.3) is 0 Å². The summed E-state index contributed by atoms with van der Waals surface area (Å²) in [5.41, 5.74) is 0.538. The fraction of sp³-hybridized carbons (Fsp3) is 0.667. The van der Waals surface area contributed by atoms with Crippen molar-refractivity contribution in [2.24, 2.45) is 0 Å². The molecule has 1 atom stereocenters. The highest BCUT2D eigenvalue weighted by atomic mass is 19.1. The molecule has 0 spiro atoms. The van der Waals surface area contributed by atoms with Gasteiger partial charge in [-0.15, -0.1) is 0 Å². The van der Waals surface area contributed by atoms with E-state index in [-0.39, 0.29) is 6.04 Å². The van der Waals surface area contributed by atoms with Gasteiger partial charge in [-0.25, -0.2) is 8.78 Å². The van der Waals surface area contributed by atoms with E-state index in [1.807, 2.05) is 6.92 Å². The van der Waals surface area contributed by atoms with E-state index in [1.54, 1.807) is 0 Å². The molecule has 1 rings (SSSR count). The van der Waals surface area contributed by atoms with Crippen molar-refractivity contribution in [2.75, 3.05) is 6.54 Å². The third-order valence-electron chi connectivity index (χ3n) is 3.91. The van der Waals surface area contributed by atoms with Crippen LogP contribution in [0.1, 0.15) is 76.8 Å². The van der Waals surface area contributed by atoms with Gasteiger partial charge in [0.15, 0.2) is 0 Å². The summed E-state index contributed by atoms with van der Waals surface area (Å²) in [5, 5.41) is 3.31. The molecule has 0 amide bonds. The molecule has 0 heterocycles. The molecule has 1 aromatic carbocycles. The molecule has 0 aliphatic carbocycles. The molecule has 1 nitrogen and oxygen atoms in total. The smallest absolute Gasteiger partial charge is 0.130 e. The van der Waals surface area contributed by atoms with Gasteiger partial charge in [0, 0.05) is 17.7 Å². The average molecular weight is 297 g/mol. The summed E-state index contributed by atoms with van der Waals surface area (Å²) >= 11 is 0. The monoisotopic (exact) mass is 297 g/mol. The van der Waals surface area contributed by atoms with Crippen LogP contribution in [-0.4, -0.2) is 6.54 Å². The number of rotatable bonds is 11. The minimum absolute atomic E-state index is 0.0739. The minimum atomic E-state index is -0.522. The van der Waals surface area contributed by atoms with E-state index in [1.165, 1.54) is 57.1 Å². The first kappa shape index (κ1) is 18.1. The van der Waals surface area contributed by atoms with E-state index in [4.69, 9.17) is 0 Å². The number of benzene rings is 1. The quantitative estimate of drug-likeness (QED) is 0.512. The molecule has 0 bridgehead atoms. The van der Waals surface area contributed by atoms with Gasteiger partial charge in [-0.2, -0.15) is 0 Å². The van der Waals surface area contributed by atoms with Gasteiger partial charge in [-0.1, -0.05) is 57.9 Å². The van der Waals surface area contributed by atoms with Gasteiger partial charge in [0.05, 0.1) is 0 Å². The first-order valence-corrected chi connectivity index (χ1v) is 8.33. The second-order valence-electron chi connectivity index (χ2n) is 5.82. The molecular weight excluding hydrogens is 268 g/mol. The first-order chi connectivity index (χ1) is 10.1. The Morgan fingerprint density at radius 1 is 0.952 bits per heavy atom. The Bertz CT molecular complexity index is 393. The van der Waals surface area contributed by atoms with E-state index in [0.29, 0.717) is 5.56 Å². The minimum Gasteiger partial charge on any atom is -0.310 e. The predicted molar refractivity (Wildman–Crippen MR) is 85.4 cm³/mol. The molecule has 3 heteroatoms. The van der Waals surface area contributed by atoms with Crippen LogP contribution in [0.2, 0.25) is 0 Å². The van der Waals surface area contributed by atoms with Crippen molar-refractivity contribution >= 4 is 0 Å². The molecule has 0 radical (unpaired) electrons. The van der Waals surface area contributed by atoms with Crippen LogP contribution in [0.5, 0.6) is 0 Å². The summed E-state index contributed by atoms with van der Waals surface area (Å²) in [7, 11) is 0. The largest absolute Gasteiger partial charge is 0.310 e. The van der Waals surface area contributed by atoms with E-state index in [9.17, 15) is 8.78 Å². The molecule has 0 fully saturated rings. The highest BCUT2D eigenvalue weighted by Gasteiger charge is 2.10. The maximum absolute atomic E-state index is 13.6. The Balaban J connectivity index is 2.09. The molecule has 1 N–H and O–H groups in total. The van der Waals surface area contributed by atoms with Crippen LogP contribution in [0.25, 0.3) is 0 Å². The van der Waals surface area contributed by atoms with Crippen LogP contribution >= 0.6 is 0 Å². The van der Waals surface area contributed by atoms with Gasteiger partial charge in [-0.3, -0.25) is 0 Å². The number of halogens is 2. The zero-order valence-electron chi connectivity index (χ0n) is 13.4. The zero-order chi connectivity index (χ0) is 15.5. The highest BCUT2D eigenvalue weighted by molar-refractivity contribution is 5.21. The summed E-state index contributed by atoms with van der Waals surface area (Å²) in [5.74, 6) is -0.988. The van der Waals surface area contributed by atoms with Gasteiger partial charge in [-0.05, 0) is 26.0 Å². The second kappa shape index (κ2) is 10.7. The number of unbranched alkanes of at least 4 members (excludes halogenated alkanes) is 7. The first-order valence-electron chi connectivity index (χ1n) is 8.33. The molecule has 1 aromatic rings. The van der Waals surface area contributed by atoms with Gasteiger partial charge < -0.3 is 5.32 Å². The molecule has 120 valence electrons. The molecule has 0 saturated heterocycles. The van der Waals surface area contributed by atoms with E-state index in [0.717, 1.165) is 19.0 Å². The lowest BCUT2D eigenvalue weighted by molar-refractivity contribution is 0.497. The maximum atomic E-state index is 13.6. The van der Waals surface area contributed by atoms with Gasteiger partial charge in [0.2, 0.25) is 0 Å². The number of hydrogen-bond donors (Lipinski definition) is 1. The Morgan fingerprint density at radius 2 is 1.57 bits per heavy atom. The SMILES string of the molecule is CCCCCCCCCCNC(C)c1ccc(F)cc1F. The standard InChI is InChI=1S/C18H29F2N/c1-3-4-5-6-7-8-9-10-13-21-15(2)17-12-11-16(19)14-18(17)20/h11-12,14-15,21H,3-10,13H2,1-2H3. The van der Waals surface area contributed by atoms with Crippen molar-refractivity contribution in [3.8, 4) is 0 Å². The third-order valence-corrected chi connectivity index (χ3v) is 3.91. The molecule has 0 aliphatic heterocycles. The van der Waals surface area contributed by atoms with Crippen molar-refractivity contribution in [2.45, 2.75) is 71.3 Å². The fourth-order valence-electron chi connectivity index (χ4n) is 2.54. The van der Waals surface area contributed by atoms with Crippen LogP contribution in [-0.2, 0) is 0 Å². The number of hydrogen-bond acceptors (Lipinski definition) is 1. The summed E-state index contributed by atoms with van der Waals surface area (Å²) in [6.07, 6.45) is 10.3. The van der Waals surface area contributed by atoms with E-state index < -0.39 is 11.6 Å². The molecule has 21 heavy (non-hydrogen) atoms. The van der Waals surface area contributed by atoms with Crippen LogP contribution in [0.15, 0.2) is 18.2 Å². The van der Waals surface area contributed by atoms with Crippen molar-refractivity contribution in [1.82, 2.24) is 5.32 Å². The van der Waals surface area contributed by atoms with Crippen LogP contribution in [0.4, 0.5) is 8.78 Å². The van der Waals surface area contributed by atoms with Gasteiger partial charge in [0.1, 0.15) is 11.6 Å². The Labute approximate surface area is 128 Å². The van der Waals surface area contributed by atoms with Crippen molar-refractivity contribution in [1.29, 1.82) is 0 Å². The zero-order valence-corrected chi connectivity index (χ0v) is 13.4. The molecule has 0 aliphatic rings. The lowest BCUT2D eigenvalue weighted by Gasteiger charge is -2.15. The Hall–Kier alpha value is -0.960. The highest BCUT2D eigenvalue weighted by Crippen LogP contribution is 2.17. The van der Waals surface area contributed by atoms with E-state index >= 15 is 0 Å². The van der Waals surface area contributed by atoms with Gasteiger partial charge >= 0.3 is 0 Å². The second-order valence-corrected chi connectivity index (χ2v) is 5.82. The predicted octanol–water partition coefficient (Wildman–Crippen LogP) is 5.76. The number of nitrogens with one attached hydrogen (secondary N) is 1. The lowest BCUT2D eigenvalue weighted by atomic mass is 10.1. The summed E-state index contributed by atoms with van der Waals surface area (Å²) in [4.78, 5) is 0. The third kappa shape index (κ3) is 7.56. The van der Waals surface area contributed by atoms with Crippen LogP contribution in [0, 0.1) is 11.6 Å². The molecule has 1 unspecified atom stereocenters. The van der Waals surface area contributed by atoms with Crippen LogP contribution in [0.3, 0.4) is 0 Å². The van der Waals surface area contributed by atoms with Crippen molar-refractivity contribution in [3.63, 3.8) is 0 Å². The molecule has 0 saturated carbocycles. The summed E-state index contributed by atoms with van der Waals surface area (Å²) < 4.78 is 26.5. The maximum Gasteiger partial charge on any atom is 0.130 e. The lowest BCUT2D eigenvalue weighted by Crippen LogP contribution is -2.20. The van der Waals surface area contributed by atoms with E-state index in [2.05, 4.69) is 12.2 Å². The fourth-order valence-corrected chi connectivity index (χ4v) is 2.54. The van der Waals surface area contributed by atoms with Crippen molar-refractivity contribution < 1.29 is 8.78 Å². The molecule has 0 aromatic heterocycles. The topological polar surface area (TPSA) is 12.0 Å². The summed E-state index contributed by atoms with van der Waals surface area (Å²) in [6.45, 7) is 5.03. The van der Waals surface area contributed by atoms with Crippen molar-refractivity contribution in [3.05, 3.63) is 35.4 Å². The summed E-state index contributed by atoms with van der Waals surface area (Å²) in [6, 6.07) is 3.71. The Morgan fingerprint density at radius 3 is 2.19 bits per heavy atom. The normalized spacial score (nSPS) is 12.6.